The molecule has 0 saturated carbocycles. The quantitative estimate of drug-likeness (QED) is 0.796. The van der Waals surface area contributed by atoms with Crippen LogP contribution in [0.25, 0.3) is 11.1 Å². The third-order valence-corrected chi connectivity index (χ3v) is 2.51. The summed E-state index contributed by atoms with van der Waals surface area (Å²) in [5, 5.41) is 9.09. The third-order valence-electron chi connectivity index (χ3n) is 2.51. The Morgan fingerprint density at radius 1 is 1.06 bits per heavy atom. The van der Waals surface area contributed by atoms with Crippen molar-refractivity contribution >= 4 is 0 Å². The van der Waals surface area contributed by atoms with E-state index in [2.05, 4.69) is 6.07 Å². The van der Waals surface area contributed by atoms with Crippen molar-refractivity contribution in [2.75, 3.05) is 6.61 Å². The van der Waals surface area contributed by atoms with Crippen LogP contribution in [0.2, 0.25) is 0 Å². The van der Waals surface area contributed by atoms with Crippen LogP contribution < -0.4 is 4.74 Å². The monoisotopic (exact) mass is 223 g/mol. The molecule has 2 nitrogen and oxygen atoms in total. The number of ether oxygens (including phenoxy) is 1. The average molecular weight is 223 g/mol. The molecule has 84 valence electrons. The van der Waals surface area contributed by atoms with Gasteiger partial charge in [-0.3, -0.25) is 0 Å². The van der Waals surface area contributed by atoms with Crippen LogP contribution in [0.4, 0.5) is 0 Å². The van der Waals surface area contributed by atoms with E-state index in [-0.39, 0.29) is 0 Å². The Morgan fingerprint density at radius 2 is 1.82 bits per heavy atom. The molecule has 0 fully saturated rings. The van der Waals surface area contributed by atoms with Gasteiger partial charge in [-0.15, -0.1) is 0 Å². The van der Waals surface area contributed by atoms with Gasteiger partial charge < -0.3 is 4.74 Å². The molecule has 17 heavy (non-hydrogen) atoms. The smallest absolute Gasteiger partial charge is 0.137 e. The van der Waals surface area contributed by atoms with E-state index in [1.165, 1.54) is 0 Å². The van der Waals surface area contributed by atoms with Crippen molar-refractivity contribution in [3.05, 3.63) is 54.1 Å². The van der Waals surface area contributed by atoms with Crippen LogP contribution in [0.15, 0.2) is 48.5 Å². The maximum Gasteiger partial charge on any atom is 0.137 e. The first-order valence-electron chi connectivity index (χ1n) is 5.57. The minimum Gasteiger partial charge on any atom is -0.492 e. The number of hydrogen-bond donors (Lipinski definition) is 0. The van der Waals surface area contributed by atoms with Crippen molar-refractivity contribution in [3.63, 3.8) is 0 Å². The molecule has 0 unspecified atom stereocenters. The normalized spacial score (nSPS) is 9.65. The first-order chi connectivity index (χ1) is 8.35. The number of benzene rings is 2. The second kappa shape index (κ2) is 5.18. The van der Waals surface area contributed by atoms with Gasteiger partial charge in [0.05, 0.1) is 12.2 Å². The molecule has 0 aromatic heterocycles. The Labute approximate surface area is 101 Å². The van der Waals surface area contributed by atoms with Crippen LogP contribution in [0.5, 0.6) is 5.75 Å². The van der Waals surface area contributed by atoms with Crippen molar-refractivity contribution in [1.29, 1.82) is 5.26 Å². The van der Waals surface area contributed by atoms with Gasteiger partial charge in [-0.25, -0.2) is 0 Å². The average Bonchev–Trinajstić information content (AvgIpc) is 2.40. The molecule has 0 aliphatic rings. The molecule has 0 atom stereocenters. The summed E-state index contributed by atoms with van der Waals surface area (Å²) < 4.78 is 5.40. The Kier molecular flexibility index (Phi) is 3.42. The lowest BCUT2D eigenvalue weighted by Crippen LogP contribution is -1.94. The predicted octanol–water partition coefficient (Wildman–Crippen LogP) is 3.62. The van der Waals surface area contributed by atoms with E-state index in [0.717, 1.165) is 11.1 Å². The lowest BCUT2D eigenvalue weighted by Gasteiger charge is -2.07. The highest BCUT2D eigenvalue weighted by molar-refractivity contribution is 5.67. The number of hydrogen-bond acceptors (Lipinski definition) is 2. The molecule has 0 spiro atoms. The highest BCUT2D eigenvalue weighted by Gasteiger charge is 2.05. The SMILES string of the molecule is CCOc1ccc(-c2ccccc2)cc1C#N. The number of rotatable bonds is 3. The van der Waals surface area contributed by atoms with Crippen molar-refractivity contribution in [2.24, 2.45) is 0 Å². The highest BCUT2D eigenvalue weighted by atomic mass is 16.5. The molecule has 0 N–H and O–H groups in total. The van der Waals surface area contributed by atoms with Crippen molar-refractivity contribution in [1.82, 2.24) is 0 Å². The fourth-order valence-electron chi connectivity index (χ4n) is 1.71. The molecule has 0 bridgehead atoms. The van der Waals surface area contributed by atoms with Crippen LogP contribution in [0, 0.1) is 11.3 Å². The molecular weight excluding hydrogens is 210 g/mol. The Morgan fingerprint density at radius 3 is 2.47 bits per heavy atom. The Hall–Kier alpha value is -2.27. The van der Waals surface area contributed by atoms with Gasteiger partial charge in [0.25, 0.3) is 0 Å². The summed E-state index contributed by atoms with van der Waals surface area (Å²) in [6.45, 7) is 2.48. The Bertz CT molecular complexity index is 541. The lowest BCUT2D eigenvalue weighted by molar-refractivity contribution is 0.339. The van der Waals surface area contributed by atoms with Gasteiger partial charge in [-0.2, -0.15) is 5.26 Å². The second-order valence-corrected chi connectivity index (χ2v) is 3.62. The molecule has 0 amide bonds. The van der Waals surface area contributed by atoms with Gasteiger partial charge in [-0.1, -0.05) is 36.4 Å². The highest BCUT2D eigenvalue weighted by Crippen LogP contribution is 2.26. The molecule has 0 heterocycles. The topological polar surface area (TPSA) is 33.0 Å². The van der Waals surface area contributed by atoms with Gasteiger partial charge in [0, 0.05) is 0 Å². The summed E-state index contributed by atoms with van der Waals surface area (Å²) >= 11 is 0. The lowest BCUT2D eigenvalue weighted by atomic mass is 10.0. The molecule has 2 rings (SSSR count). The summed E-state index contributed by atoms with van der Waals surface area (Å²) in [7, 11) is 0. The van der Waals surface area contributed by atoms with Crippen LogP contribution in [0.3, 0.4) is 0 Å². The summed E-state index contributed by atoms with van der Waals surface area (Å²) in [5.74, 6) is 0.648. The summed E-state index contributed by atoms with van der Waals surface area (Å²) in [5.41, 5.74) is 2.71. The standard InChI is InChI=1S/C15H13NO/c1-2-17-15-9-8-13(10-14(15)11-16)12-6-4-3-5-7-12/h3-10H,2H2,1H3. The van der Waals surface area contributed by atoms with Crippen LogP contribution >= 0.6 is 0 Å². The van der Waals surface area contributed by atoms with Gasteiger partial charge in [0.1, 0.15) is 11.8 Å². The van der Waals surface area contributed by atoms with E-state index < -0.39 is 0 Å². The number of nitriles is 1. The van der Waals surface area contributed by atoms with Crippen LogP contribution in [-0.4, -0.2) is 6.61 Å². The molecule has 2 aromatic rings. The first kappa shape index (κ1) is 11.2. The molecule has 0 aliphatic heterocycles. The summed E-state index contributed by atoms with van der Waals surface area (Å²) in [4.78, 5) is 0. The molecular formula is C15H13NO. The zero-order valence-corrected chi connectivity index (χ0v) is 9.68. The van der Waals surface area contributed by atoms with E-state index in [1.807, 2.05) is 55.5 Å². The zero-order valence-electron chi connectivity index (χ0n) is 9.68. The fourth-order valence-corrected chi connectivity index (χ4v) is 1.71. The van der Waals surface area contributed by atoms with Crippen molar-refractivity contribution < 1.29 is 4.74 Å². The molecule has 0 radical (unpaired) electrons. The van der Waals surface area contributed by atoms with Gasteiger partial charge in [0.15, 0.2) is 0 Å². The van der Waals surface area contributed by atoms with Crippen molar-refractivity contribution in [3.8, 4) is 22.9 Å². The van der Waals surface area contributed by atoms with E-state index in [9.17, 15) is 0 Å². The van der Waals surface area contributed by atoms with E-state index >= 15 is 0 Å². The number of nitrogens with zero attached hydrogens (tertiary/aromatic N) is 1. The van der Waals surface area contributed by atoms with Crippen molar-refractivity contribution in [2.45, 2.75) is 6.92 Å². The maximum absolute atomic E-state index is 9.09. The molecule has 2 heteroatoms. The minimum atomic E-state index is 0.569. The largest absolute Gasteiger partial charge is 0.492 e. The Balaban J connectivity index is 2.43. The summed E-state index contributed by atoms with van der Waals surface area (Å²) in [6, 6.07) is 17.8. The maximum atomic E-state index is 9.09. The third kappa shape index (κ3) is 2.46. The molecule has 0 saturated heterocycles. The minimum absolute atomic E-state index is 0.569. The van der Waals surface area contributed by atoms with Gasteiger partial charge in [0.2, 0.25) is 0 Å². The van der Waals surface area contributed by atoms with E-state index in [0.29, 0.717) is 17.9 Å². The second-order valence-electron chi connectivity index (χ2n) is 3.62. The predicted molar refractivity (Wildman–Crippen MR) is 67.8 cm³/mol. The summed E-state index contributed by atoms with van der Waals surface area (Å²) in [6.07, 6.45) is 0. The molecule has 2 aromatic carbocycles. The van der Waals surface area contributed by atoms with Crippen LogP contribution in [0.1, 0.15) is 12.5 Å². The van der Waals surface area contributed by atoms with Crippen LogP contribution in [-0.2, 0) is 0 Å². The van der Waals surface area contributed by atoms with Gasteiger partial charge >= 0.3 is 0 Å². The van der Waals surface area contributed by atoms with E-state index in [1.54, 1.807) is 0 Å². The first-order valence-corrected chi connectivity index (χ1v) is 5.57. The fraction of sp³-hybridized carbons (Fsp3) is 0.133. The zero-order chi connectivity index (χ0) is 12.1. The van der Waals surface area contributed by atoms with E-state index in [4.69, 9.17) is 10.00 Å². The van der Waals surface area contributed by atoms with Gasteiger partial charge in [-0.05, 0) is 30.2 Å². The molecule has 0 aliphatic carbocycles.